The monoisotopic (exact) mass is 380 g/mol. The van der Waals surface area contributed by atoms with E-state index < -0.39 is 0 Å². The van der Waals surface area contributed by atoms with Gasteiger partial charge >= 0.3 is 0 Å². The van der Waals surface area contributed by atoms with Crippen LogP contribution in [0.1, 0.15) is 30.7 Å². The van der Waals surface area contributed by atoms with Crippen LogP contribution in [0.4, 0.5) is 0 Å². The first-order chi connectivity index (χ1) is 12.1. The predicted octanol–water partition coefficient (Wildman–Crippen LogP) is 3.20. The van der Waals surface area contributed by atoms with Crippen molar-refractivity contribution >= 4 is 33.2 Å². The van der Waals surface area contributed by atoms with Crippen LogP contribution in [-0.4, -0.2) is 64.7 Å². The van der Waals surface area contributed by atoms with Gasteiger partial charge in [-0.2, -0.15) is 0 Å². The standard InChI is InChI=1S/C18H25ClN4OS/c1-12-8-23(9-13(2)24-12)6-3-5-22-7-4-14-15(10-22)25-18-16(14)17(19)20-11-21-18/h11-13H,3-10H2,1-2H3/t12-,13+. The molecule has 1 fully saturated rings. The number of nitrogens with zero attached hydrogens (tertiary/aromatic N) is 4. The Balaban J connectivity index is 1.34. The Morgan fingerprint density at radius 1 is 1.20 bits per heavy atom. The van der Waals surface area contributed by atoms with Gasteiger partial charge in [0.2, 0.25) is 0 Å². The van der Waals surface area contributed by atoms with Gasteiger partial charge in [-0.25, -0.2) is 9.97 Å². The van der Waals surface area contributed by atoms with E-state index in [-0.39, 0.29) is 0 Å². The van der Waals surface area contributed by atoms with E-state index in [4.69, 9.17) is 16.3 Å². The van der Waals surface area contributed by atoms with Gasteiger partial charge in [-0.3, -0.25) is 9.80 Å². The summed E-state index contributed by atoms with van der Waals surface area (Å²) in [4.78, 5) is 16.1. The molecule has 4 heterocycles. The molecule has 0 saturated carbocycles. The minimum absolute atomic E-state index is 0.353. The van der Waals surface area contributed by atoms with Gasteiger partial charge in [0.05, 0.1) is 17.6 Å². The third kappa shape index (κ3) is 3.83. The second kappa shape index (κ2) is 7.45. The maximum absolute atomic E-state index is 6.29. The number of fused-ring (bicyclic) bond motifs is 3. The summed E-state index contributed by atoms with van der Waals surface area (Å²) in [6.45, 7) is 10.9. The minimum atomic E-state index is 0.353. The molecular formula is C18H25ClN4OS. The van der Waals surface area contributed by atoms with Crippen molar-refractivity contribution in [3.8, 4) is 0 Å². The summed E-state index contributed by atoms with van der Waals surface area (Å²) in [5.41, 5.74) is 1.37. The molecule has 0 N–H and O–H groups in total. The topological polar surface area (TPSA) is 41.5 Å². The largest absolute Gasteiger partial charge is 0.373 e. The number of thiophene rings is 1. The summed E-state index contributed by atoms with van der Waals surface area (Å²) in [5, 5.41) is 1.69. The molecule has 2 aromatic rings. The molecule has 5 nitrogen and oxygen atoms in total. The van der Waals surface area contributed by atoms with E-state index in [9.17, 15) is 0 Å². The maximum Gasteiger partial charge on any atom is 0.141 e. The van der Waals surface area contributed by atoms with Crippen LogP contribution in [0, 0.1) is 0 Å². The predicted molar refractivity (Wildman–Crippen MR) is 102 cm³/mol. The summed E-state index contributed by atoms with van der Waals surface area (Å²) in [6.07, 6.45) is 4.53. The van der Waals surface area contributed by atoms with Gasteiger partial charge < -0.3 is 4.74 Å². The van der Waals surface area contributed by atoms with Crippen LogP contribution in [0.15, 0.2) is 6.33 Å². The lowest BCUT2D eigenvalue weighted by Crippen LogP contribution is -2.46. The second-order valence-corrected chi connectivity index (χ2v) is 8.69. The minimum Gasteiger partial charge on any atom is -0.373 e. The van der Waals surface area contributed by atoms with Gasteiger partial charge in [-0.1, -0.05) is 11.6 Å². The van der Waals surface area contributed by atoms with Crippen molar-refractivity contribution in [1.82, 2.24) is 19.8 Å². The Morgan fingerprint density at radius 3 is 2.76 bits per heavy atom. The van der Waals surface area contributed by atoms with Crippen LogP contribution in [-0.2, 0) is 17.7 Å². The first-order valence-electron chi connectivity index (χ1n) is 9.11. The molecule has 0 bridgehead atoms. The van der Waals surface area contributed by atoms with E-state index in [1.807, 2.05) is 0 Å². The quantitative estimate of drug-likeness (QED) is 0.762. The van der Waals surface area contributed by atoms with E-state index in [2.05, 4.69) is 33.6 Å². The summed E-state index contributed by atoms with van der Waals surface area (Å²) >= 11 is 8.07. The van der Waals surface area contributed by atoms with E-state index in [0.29, 0.717) is 17.4 Å². The molecule has 2 aromatic heterocycles. The lowest BCUT2D eigenvalue weighted by atomic mass is 10.1. The Morgan fingerprint density at radius 2 is 1.96 bits per heavy atom. The van der Waals surface area contributed by atoms with Crippen LogP contribution in [0.25, 0.3) is 10.2 Å². The highest BCUT2D eigenvalue weighted by Crippen LogP contribution is 2.36. The SMILES string of the molecule is C[C@@H]1CN(CCCN2CCc3c(sc4ncnc(Cl)c34)C2)C[C@H](C)O1. The molecule has 0 spiro atoms. The number of hydrogen-bond donors (Lipinski definition) is 0. The van der Waals surface area contributed by atoms with Crippen molar-refractivity contribution in [3.63, 3.8) is 0 Å². The Bertz CT molecular complexity index is 742. The Kier molecular flexibility index (Phi) is 5.25. The van der Waals surface area contributed by atoms with Crippen molar-refractivity contribution in [2.24, 2.45) is 0 Å². The number of aromatic nitrogens is 2. The first-order valence-corrected chi connectivity index (χ1v) is 10.3. The van der Waals surface area contributed by atoms with Crippen molar-refractivity contribution in [3.05, 3.63) is 21.9 Å². The first kappa shape index (κ1) is 17.6. The zero-order chi connectivity index (χ0) is 17.4. The molecule has 7 heteroatoms. The molecule has 0 unspecified atom stereocenters. The van der Waals surface area contributed by atoms with Crippen LogP contribution in [0.5, 0.6) is 0 Å². The highest BCUT2D eigenvalue weighted by Gasteiger charge is 2.24. The molecule has 0 amide bonds. The molecular weight excluding hydrogens is 356 g/mol. The summed E-state index contributed by atoms with van der Waals surface area (Å²) in [6, 6.07) is 0. The van der Waals surface area contributed by atoms with E-state index >= 15 is 0 Å². The fourth-order valence-electron chi connectivity index (χ4n) is 4.12. The van der Waals surface area contributed by atoms with Gasteiger partial charge in [0, 0.05) is 31.1 Å². The molecule has 0 aliphatic carbocycles. The van der Waals surface area contributed by atoms with Gasteiger partial charge in [0.25, 0.3) is 0 Å². The zero-order valence-electron chi connectivity index (χ0n) is 14.9. The zero-order valence-corrected chi connectivity index (χ0v) is 16.4. The Hall–Kier alpha value is -0.790. The average molecular weight is 381 g/mol. The number of halogens is 1. The summed E-state index contributed by atoms with van der Waals surface area (Å²) < 4.78 is 5.82. The fraction of sp³-hybridized carbons (Fsp3) is 0.667. The fourth-order valence-corrected chi connectivity index (χ4v) is 5.65. The number of hydrogen-bond acceptors (Lipinski definition) is 6. The third-order valence-electron chi connectivity index (χ3n) is 5.11. The molecule has 25 heavy (non-hydrogen) atoms. The van der Waals surface area contributed by atoms with Gasteiger partial charge in [0.15, 0.2) is 0 Å². The summed E-state index contributed by atoms with van der Waals surface area (Å²) in [7, 11) is 0. The highest BCUT2D eigenvalue weighted by atomic mass is 35.5. The van der Waals surface area contributed by atoms with Crippen molar-refractivity contribution in [2.45, 2.75) is 45.4 Å². The van der Waals surface area contributed by atoms with Gasteiger partial charge in [-0.15, -0.1) is 11.3 Å². The average Bonchev–Trinajstić information content (AvgIpc) is 2.93. The molecule has 0 radical (unpaired) electrons. The van der Waals surface area contributed by atoms with Crippen LogP contribution < -0.4 is 0 Å². The normalized spacial score (nSPS) is 25.4. The lowest BCUT2D eigenvalue weighted by Gasteiger charge is -2.36. The molecule has 136 valence electrons. The lowest BCUT2D eigenvalue weighted by molar-refractivity contribution is -0.0684. The number of rotatable bonds is 4. The van der Waals surface area contributed by atoms with Crippen LogP contribution in [0.3, 0.4) is 0 Å². The molecule has 2 aliphatic rings. The van der Waals surface area contributed by atoms with Crippen molar-refractivity contribution in [1.29, 1.82) is 0 Å². The smallest absolute Gasteiger partial charge is 0.141 e. The molecule has 1 saturated heterocycles. The summed E-state index contributed by atoms with van der Waals surface area (Å²) in [5.74, 6) is 0. The third-order valence-corrected chi connectivity index (χ3v) is 6.52. The van der Waals surface area contributed by atoms with Crippen LogP contribution in [0.2, 0.25) is 5.15 Å². The number of ether oxygens (including phenoxy) is 1. The van der Waals surface area contributed by atoms with Crippen molar-refractivity contribution in [2.75, 3.05) is 32.7 Å². The van der Waals surface area contributed by atoms with E-state index in [1.54, 1.807) is 17.7 Å². The van der Waals surface area contributed by atoms with E-state index in [1.165, 1.54) is 16.9 Å². The molecule has 2 aliphatic heterocycles. The van der Waals surface area contributed by atoms with E-state index in [0.717, 1.165) is 55.9 Å². The number of morpholine rings is 1. The second-order valence-electron chi connectivity index (χ2n) is 7.25. The van der Waals surface area contributed by atoms with Gasteiger partial charge in [0.1, 0.15) is 16.3 Å². The van der Waals surface area contributed by atoms with Crippen molar-refractivity contribution < 1.29 is 4.74 Å². The van der Waals surface area contributed by atoms with Gasteiger partial charge in [-0.05, 0) is 45.3 Å². The maximum atomic E-state index is 6.29. The molecule has 4 rings (SSSR count). The Labute approximate surface area is 157 Å². The molecule has 0 aromatic carbocycles. The highest BCUT2D eigenvalue weighted by molar-refractivity contribution is 7.19. The molecule has 2 atom stereocenters. The van der Waals surface area contributed by atoms with Crippen LogP contribution >= 0.6 is 22.9 Å².